The van der Waals surface area contributed by atoms with E-state index < -0.39 is 0 Å². The van der Waals surface area contributed by atoms with Crippen molar-refractivity contribution in [3.8, 4) is 0 Å². The van der Waals surface area contributed by atoms with Crippen LogP contribution >= 0.6 is 0 Å². The summed E-state index contributed by atoms with van der Waals surface area (Å²) in [5, 5.41) is 10.5. The van der Waals surface area contributed by atoms with E-state index in [1.807, 2.05) is 19.9 Å². The van der Waals surface area contributed by atoms with Crippen molar-refractivity contribution < 1.29 is 4.74 Å². The van der Waals surface area contributed by atoms with Gasteiger partial charge in [0.2, 0.25) is 0 Å². The van der Waals surface area contributed by atoms with Crippen molar-refractivity contribution in [1.82, 2.24) is 20.2 Å². The van der Waals surface area contributed by atoms with Gasteiger partial charge in [-0.1, -0.05) is 0 Å². The molecule has 0 aromatic carbocycles. The van der Waals surface area contributed by atoms with Crippen LogP contribution in [0.4, 0.5) is 5.82 Å². The van der Waals surface area contributed by atoms with Crippen molar-refractivity contribution in [3.05, 3.63) is 35.0 Å². The lowest BCUT2D eigenvalue weighted by Gasteiger charge is -2.10. The van der Waals surface area contributed by atoms with E-state index >= 15 is 0 Å². The Morgan fingerprint density at radius 3 is 3.00 bits per heavy atom. The molecule has 1 aliphatic rings. The second kappa shape index (κ2) is 5.58. The SMILES string of the molecule is Cc1n[nH]c(C)c1CNc1cc([C@H]2CCOC2)ncn1. The number of hydrogen-bond acceptors (Lipinski definition) is 5. The summed E-state index contributed by atoms with van der Waals surface area (Å²) in [5.74, 6) is 1.25. The number of anilines is 1. The number of hydrogen-bond donors (Lipinski definition) is 2. The fraction of sp³-hybridized carbons (Fsp3) is 0.500. The van der Waals surface area contributed by atoms with E-state index in [0.717, 1.165) is 42.5 Å². The van der Waals surface area contributed by atoms with Crippen molar-refractivity contribution in [3.63, 3.8) is 0 Å². The predicted octanol–water partition coefficient (Wildman–Crippen LogP) is 1.93. The first-order valence-corrected chi connectivity index (χ1v) is 6.88. The highest BCUT2D eigenvalue weighted by Gasteiger charge is 2.19. The summed E-state index contributed by atoms with van der Waals surface area (Å²) in [6, 6.07) is 2.02. The van der Waals surface area contributed by atoms with Gasteiger partial charge < -0.3 is 10.1 Å². The molecule has 6 nitrogen and oxygen atoms in total. The lowest BCUT2D eigenvalue weighted by Crippen LogP contribution is -2.06. The van der Waals surface area contributed by atoms with Gasteiger partial charge in [0.15, 0.2) is 0 Å². The van der Waals surface area contributed by atoms with Crippen LogP contribution in [0.5, 0.6) is 0 Å². The minimum atomic E-state index is 0.399. The summed E-state index contributed by atoms with van der Waals surface area (Å²) in [4.78, 5) is 8.63. The second-order valence-corrected chi connectivity index (χ2v) is 5.15. The molecule has 106 valence electrons. The number of aryl methyl sites for hydroxylation is 2. The molecule has 0 spiro atoms. The van der Waals surface area contributed by atoms with Crippen LogP contribution in [0.1, 0.15) is 35.0 Å². The Morgan fingerprint density at radius 2 is 2.30 bits per heavy atom. The number of aromatic amines is 1. The second-order valence-electron chi connectivity index (χ2n) is 5.15. The van der Waals surface area contributed by atoms with Gasteiger partial charge in [-0.05, 0) is 20.3 Å². The molecule has 20 heavy (non-hydrogen) atoms. The largest absolute Gasteiger partial charge is 0.381 e. The number of nitrogens with one attached hydrogen (secondary N) is 2. The third-order valence-electron chi connectivity index (χ3n) is 3.76. The number of H-pyrrole nitrogens is 1. The molecule has 0 unspecified atom stereocenters. The minimum absolute atomic E-state index is 0.399. The van der Waals surface area contributed by atoms with E-state index in [1.54, 1.807) is 6.33 Å². The summed E-state index contributed by atoms with van der Waals surface area (Å²) < 4.78 is 5.41. The Morgan fingerprint density at radius 1 is 1.40 bits per heavy atom. The molecule has 3 rings (SSSR count). The first kappa shape index (κ1) is 13.1. The molecule has 0 aliphatic carbocycles. The zero-order chi connectivity index (χ0) is 13.9. The molecule has 6 heteroatoms. The fourth-order valence-corrected chi connectivity index (χ4v) is 2.47. The summed E-state index contributed by atoms with van der Waals surface area (Å²) in [7, 11) is 0. The van der Waals surface area contributed by atoms with Gasteiger partial charge >= 0.3 is 0 Å². The summed E-state index contributed by atoms with van der Waals surface area (Å²) >= 11 is 0. The Bertz CT molecular complexity index is 570. The van der Waals surface area contributed by atoms with Gasteiger partial charge in [-0.15, -0.1) is 0 Å². The highest BCUT2D eigenvalue weighted by Crippen LogP contribution is 2.24. The van der Waals surface area contributed by atoms with E-state index in [2.05, 4.69) is 25.5 Å². The Labute approximate surface area is 118 Å². The van der Waals surface area contributed by atoms with Crippen molar-refractivity contribution in [2.75, 3.05) is 18.5 Å². The number of aromatic nitrogens is 4. The van der Waals surface area contributed by atoms with Crippen LogP contribution in [-0.2, 0) is 11.3 Å². The van der Waals surface area contributed by atoms with Crippen LogP contribution in [0.2, 0.25) is 0 Å². The molecule has 1 aliphatic heterocycles. The van der Waals surface area contributed by atoms with Gasteiger partial charge in [0, 0.05) is 36.4 Å². The van der Waals surface area contributed by atoms with E-state index in [9.17, 15) is 0 Å². The standard InChI is InChI=1S/C14H19N5O/c1-9-12(10(2)19-18-9)6-15-14-5-13(16-8-17-14)11-3-4-20-7-11/h5,8,11H,3-4,6-7H2,1-2H3,(H,18,19)(H,15,16,17)/t11-/m0/s1. The molecule has 1 atom stereocenters. The van der Waals surface area contributed by atoms with E-state index in [-0.39, 0.29) is 0 Å². The topological polar surface area (TPSA) is 75.7 Å². The maximum Gasteiger partial charge on any atom is 0.129 e. The molecular formula is C14H19N5O. The molecule has 0 amide bonds. The lowest BCUT2D eigenvalue weighted by molar-refractivity contribution is 0.193. The molecule has 1 saturated heterocycles. The maximum atomic E-state index is 5.41. The van der Waals surface area contributed by atoms with Crippen LogP contribution < -0.4 is 5.32 Å². The van der Waals surface area contributed by atoms with Crippen LogP contribution in [0, 0.1) is 13.8 Å². The number of nitrogens with zero attached hydrogens (tertiary/aromatic N) is 3. The highest BCUT2D eigenvalue weighted by molar-refractivity contribution is 5.38. The molecule has 2 aromatic rings. The summed E-state index contributed by atoms with van der Waals surface area (Å²) in [5.41, 5.74) is 4.36. The third-order valence-corrected chi connectivity index (χ3v) is 3.76. The zero-order valence-electron chi connectivity index (χ0n) is 11.8. The number of rotatable bonds is 4. The number of ether oxygens (including phenoxy) is 1. The van der Waals surface area contributed by atoms with Crippen molar-refractivity contribution in [2.24, 2.45) is 0 Å². The highest BCUT2D eigenvalue weighted by atomic mass is 16.5. The quantitative estimate of drug-likeness (QED) is 0.890. The average Bonchev–Trinajstić information content (AvgIpc) is 3.09. The van der Waals surface area contributed by atoms with Gasteiger partial charge in [0.1, 0.15) is 12.1 Å². The van der Waals surface area contributed by atoms with Crippen LogP contribution in [0.3, 0.4) is 0 Å². The van der Waals surface area contributed by atoms with Gasteiger partial charge in [-0.2, -0.15) is 5.10 Å². The van der Waals surface area contributed by atoms with Crippen molar-refractivity contribution in [2.45, 2.75) is 32.7 Å². The summed E-state index contributed by atoms with van der Waals surface area (Å²) in [6.07, 6.45) is 2.65. The van der Waals surface area contributed by atoms with Gasteiger partial charge in [0.25, 0.3) is 0 Å². The van der Waals surface area contributed by atoms with Crippen LogP contribution in [-0.4, -0.2) is 33.4 Å². The predicted molar refractivity (Wildman–Crippen MR) is 75.6 cm³/mol. The Kier molecular flexibility index (Phi) is 3.64. The zero-order valence-corrected chi connectivity index (χ0v) is 11.8. The Balaban J connectivity index is 1.70. The normalized spacial score (nSPS) is 18.4. The molecule has 1 fully saturated rings. The van der Waals surface area contributed by atoms with Crippen LogP contribution in [0.15, 0.2) is 12.4 Å². The summed E-state index contributed by atoms with van der Waals surface area (Å²) in [6.45, 7) is 6.33. The molecule has 0 bridgehead atoms. The molecule has 0 saturated carbocycles. The van der Waals surface area contributed by atoms with Gasteiger partial charge in [0.05, 0.1) is 18.0 Å². The minimum Gasteiger partial charge on any atom is -0.381 e. The van der Waals surface area contributed by atoms with E-state index in [0.29, 0.717) is 12.5 Å². The molecular weight excluding hydrogens is 254 g/mol. The first-order valence-electron chi connectivity index (χ1n) is 6.88. The maximum absolute atomic E-state index is 5.41. The smallest absolute Gasteiger partial charge is 0.129 e. The van der Waals surface area contributed by atoms with E-state index in [1.165, 1.54) is 5.56 Å². The third kappa shape index (κ3) is 2.65. The van der Waals surface area contributed by atoms with Gasteiger partial charge in [-0.3, -0.25) is 5.10 Å². The molecule has 0 radical (unpaired) electrons. The fourth-order valence-electron chi connectivity index (χ4n) is 2.47. The van der Waals surface area contributed by atoms with Crippen molar-refractivity contribution in [1.29, 1.82) is 0 Å². The molecule has 2 aromatic heterocycles. The first-order chi connectivity index (χ1) is 9.74. The van der Waals surface area contributed by atoms with Crippen LogP contribution in [0.25, 0.3) is 0 Å². The molecule has 3 heterocycles. The van der Waals surface area contributed by atoms with E-state index in [4.69, 9.17) is 4.74 Å². The average molecular weight is 273 g/mol. The Hall–Kier alpha value is -1.95. The monoisotopic (exact) mass is 273 g/mol. The van der Waals surface area contributed by atoms with Crippen molar-refractivity contribution >= 4 is 5.82 Å². The lowest BCUT2D eigenvalue weighted by atomic mass is 10.1. The molecule has 2 N–H and O–H groups in total. The van der Waals surface area contributed by atoms with Gasteiger partial charge in [-0.25, -0.2) is 9.97 Å².